The Morgan fingerprint density at radius 3 is 2.27 bits per heavy atom. The van der Waals surface area contributed by atoms with Gasteiger partial charge in [0.2, 0.25) is 5.88 Å². The van der Waals surface area contributed by atoms with Crippen LogP contribution in [-0.2, 0) is 6.42 Å². The van der Waals surface area contributed by atoms with Crippen molar-refractivity contribution in [1.82, 2.24) is 9.88 Å². The van der Waals surface area contributed by atoms with Crippen LogP contribution in [0.3, 0.4) is 0 Å². The molecule has 1 atom stereocenters. The highest BCUT2D eigenvalue weighted by Crippen LogP contribution is 2.46. The number of piperidine rings is 1. The Hall–Kier alpha value is -1.42. The Labute approximate surface area is 132 Å². The first-order valence-corrected chi connectivity index (χ1v) is 8.22. The maximum Gasteiger partial charge on any atom is 0.201 e. The molecule has 0 amide bonds. The Kier molecular flexibility index (Phi) is 3.37. The predicted octanol–water partition coefficient (Wildman–Crippen LogP) is 3.59. The van der Waals surface area contributed by atoms with Gasteiger partial charge in [0.15, 0.2) is 5.88 Å². The molecule has 0 bridgehead atoms. The van der Waals surface area contributed by atoms with Crippen molar-refractivity contribution in [1.29, 1.82) is 0 Å². The lowest BCUT2D eigenvalue weighted by Gasteiger charge is -2.47. The fraction of sp³-hybridized carbons (Fsp3) is 0.667. The van der Waals surface area contributed by atoms with E-state index in [1.54, 1.807) is 4.57 Å². The number of fused-ring (bicyclic) bond motifs is 1. The largest absolute Gasteiger partial charge is 0.494 e. The molecule has 0 radical (unpaired) electrons. The summed E-state index contributed by atoms with van der Waals surface area (Å²) in [6, 6.07) is 0.0977. The highest BCUT2D eigenvalue weighted by atomic mass is 16.3. The van der Waals surface area contributed by atoms with E-state index in [0.717, 1.165) is 30.4 Å². The number of nitrogens with zero attached hydrogens (tertiary/aromatic N) is 1. The lowest BCUT2D eigenvalue weighted by atomic mass is 9.79. The molecule has 1 unspecified atom stereocenters. The average molecular weight is 304 g/mol. The summed E-state index contributed by atoms with van der Waals surface area (Å²) in [6.45, 7) is 10.9. The van der Waals surface area contributed by atoms with Gasteiger partial charge in [-0.1, -0.05) is 19.1 Å². The first-order chi connectivity index (χ1) is 10.1. The van der Waals surface area contributed by atoms with Gasteiger partial charge in [0.05, 0.1) is 0 Å². The van der Waals surface area contributed by atoms with Crippen LogP contribution in [0, 0.1) is 5.92 Å². The second kappa shape index (κ2) is 4.79. The summed E-state index contributed by atoms with van der Waals surface area (Å²) in [5.74, 6) is 0.867. The van der Waals surface area contributed by atoms with E-state index in [2.05, 4.69) is 46.0 Å². The fourth-order valence-corrected chi connectivity index (χ4v) is 4.45. The Balaban J connectivity index is 2.04. The number of hydrogen-bond donors (Lipinski definition) is 3. The molecule has 22 heavy (non-hydrogen) atoms. The van der Waals surface area contributed by atoms with Crippen molar-refractivity contribution in [2.24, 2.45) is 5.92 Å². The van der Waals surface area contributed by atoms with Gasteiger partial charge in [0.1, 0.15) is 0 Å². The predicted molar refractivity (Wildman–Crippen MR) is 89.2 cm³/mol. The zero-order valence-corrected chi connectivity index (χ0v) is 14.3. The summed E-state index contributed by atoms with van der Waals surface area (Å²) >= 11 is 0. The molecule has 2 aliphatic rings. The van der Waals surface area contributed by atoms with Crippen molar-refractivity contribution in [3.63, 3.8) is 0 Å². The summed E-state index contributed by atoms with van der Waals surface area (Å²) in [4.78, 5) is 0. The lowest BCUT2D eigenvalue weighted by Crippen LogP contribution is -2.57. The molecular weight excluding hydrogens is 276 g/mol. The Bertz CT molecular complexity index is 610. The van der Waals surface area contributed by atoms with Gasteiger partial charge in [0, 0.05) is 28.2 Å². The number of hydrogen-bond acceptors (Lipinski definition) is 3. The molecule has 4 heteroatoms. The minimum Gasteiger partial charge on any atom is -0.494 e. The summed E-state index contributed by atoms with van der Waals surface area (Å²) in [5, 5.41) is 25.0. The third kappa shape index (κ3) is 2.54. The average Bonchev–Trinajstić information content (AvgIpc) is 2.57. The van der Waals surface area contributed by atoms with Gasteiger partial charge in [-0.05, 0) is 52.9 Å². The van der Waals surface area contributed by atoms with E-state index in [1.807, 2.05) is 6.08 Å². The minimum absolute atomic E-state index is 0.0286. The third-order valence-corrected chi connectivity index (χ3v) is 4.94. The molecule has 0 aromatic carbocycles. The SMILES string of the molecule is CC1C=Cc2c(c(O)n(C3CC(C)(C)NC(C)(C)C3)c2O)C1. The number of rotatable bonds is 1. The van der Waals surface area contributed by atoms with E-state index in [0.29, 0.717) is 5.92 Å². The Morgan fingerprint density at radius 2 is 1.68 bits per heavy atom. The van der Waals surface area contributed by atoms with Crippen LogP contribution < -0.4 is 5.32 Å². The molecule has 1 aliphatic carbocycles. The van der Waals surface area contributed by atoms with E-state index < -0.39 is 0 Å². The maximum atomic E-state index is 10.7. The Morgan fingerprint density at radius 1 is 1.09 bits per heavy atom. The van der Waals surface area contributed by atoms with Gasteiger partial charge in [-0.2, -0.15) is 0 Å². The highest BCUT2D eigenvalue weighted by molar-refractivity contribution is 5.66. The normalized spacial score (nSPS) is 26.9. The third-order valence-electron chi connectivity index (χ3n) is 4.94. The zero-order chi connectivity index (χ0) is 16.3. The maximum absolute atomic E-state index is 10.7. The molecular formula is C18H28N2O2. The van der Waals surface area contributed by atoms with Crippen molar-refractivity contribution in [2.75, 3.05) is 0 Å². The summed E-state index contributed by atoms with van der Waals surface area (Å²) in [6.07, 6.45) is 6.60. The van der Waals surface area contributed by atoms with E-state index in [1.165, 1.54) is 0 Å². The fourth-order valence-electron chi connectivity index (χ4n) is 4.45. The summed E-state index contributed by atoms with van der Waals surface area (Å²) < 4.78 is 1.76. The lowest BCUT2D eigenvalue weighted by molar-refractivity contribution is 0.123. The number of nitrogens with one attached hydrogen (secondary N) is 1. The van der Waals surface area contributed by atoms with Crippen LogP contribution in [0.25, 0.3) is 6.08 Å². The van der Waals surface area contributed by atoms with Gasteiger partial charge < -0.3 is 15.5 Å². The summed E-state index contributed by atoms with van der Waals surface area (Å²) in [7, 11) is 0. The van der Waals surface area contributed by atoms with Crippen LogP contribution in [0.15, 0.2) is 6.08 Å². The standard InChI is InChI=1S/C18H28N2O2/c1-11-6-7-13-14(8-11)16(22)20(15(13)21)12-9-17(2,3)19-18(4,5)10-12/h6-7,11-12,19,21-22H,8-10H2,1-5H3. The molecule has 3 rings (SSSR count). The molecule has 3 N–H and O–H groups in total. The quantitative estimate of drug-likeness (QED) is 0.743. The molecule has 122 valence electrons. The van der Waals surface area contributed by atoms with E-state index in [-0.39, 0.29) is 28.9 Å². The van der Waals surface area contributed by atoms with Crippen molar-refractivity contribution in [3.8, 4) is 11.8 Å². The second-order valence-corrected chi connectivity index (χ2v) is 8.40. The monoisotopic (exact) mass is 304 g/mol. The minimum atomic E-state index is -0.0286. The molecule has 1 saturated heterocycles. The van der Waals surface area contributed by atoms with E-state index >= 15 is 0 Å². The van der Waals surface area contributed by atoms with Crippen molar-refractivity contribution >= 4 is 6.08 Å². The number of aromatic hydroxyl groups is 2. The molecule has 1 aromatic heterocycles. The van der Waals surface area contributed by atoms with Gasteiger partial charge in [-0.3, -0.25) is 4.57 Å². The molecule has 1 fully saturated rings. The van der Waals surface area contributed by atoms with Gasteiger partial charge >= 0.3 is 0 Å². The van der Waals surface area contributed by atoms with E-state index in [4.69, 9.17) is 0 Å². The van der Waals surface area contributed by atoms with Gasteiger partial charge in [-0.15, -0.1) is 0 Å². The highest BCUT2D eigenvalue weighted by Gasteiger charge is 2.40. The van der Waals surface area contributed by atoms with Crippen molar-refractivity contribution in [3.05, 3.63) is 17.2 Å². The smallest absolute Gasteiger partial charge is 0.201 e. The van der Waals surface area contributed by atoms with Crippen LogP contribution in [0.1, 0.15) is 64.6 Å². The van der Waals surface area contributed by atoms with Gasteiger partial charge in [-0.25, -0.2) is 0 Å². The first-order valence-electron chi connectivity index (χ1n) is 8.22. The molecule has 1 aliphatic heterocycles. The van der Waals surface area contributed by atoms with Crippen LogP contribution in [-0.4, -0.2) is 25.9 Å². The number of aromatic nitrogens is 1. The van der Waals surface area contributed by atoms with E-state index in [9.17, 15) is 10.2 Å². The summed E-state index contributed by atoms with van der Waals surface area (Å²) in [5.41, 5.74) is 1.63. The van der Waals surface area contributed by atoms with Crippen LogP contribution >= 0.6 is 0 Å². The molecule has 2 heterocycles. The van der Waals surface area contributed by atoms with Crippen LogP contribution in [0.2, 0.25) is 0 Å². The molecule has 0 saturated carbocycles. The topological polar surface area (TPSA) is 57.4 Å². The molecule has 4 nitrogen and oxygen atoms in total. The van der Waals surface area contributed by atoms with Crippen molar-refractivity contribution < 1.29 is 10.2 Å². The second-order valence-electron chi connectivity index (χ2n) is 8.40. The van der Waals surface area contributed by atoms with Gasteiger partial charge in [0.25, 0.3) is 0 Å². The zero-order valence-electron chi connectivity index (χ0n) is 14.3. The first kappa shape index (κ1) is 15.5. The number of allylic oxidation sites excluding steroid dienone is 1. The van der Waals surface area contributed by atoms with Crippen LogP contribution in [0.4, 0.5) is 0 Å². The molecule has 1 aromatic rings. The van der Waals surface area contributed by atoms with Crippen LogP contribution in [0.5, 0.6) is 11.8 Å². The molecule has 0 spiro atoms. The van der Waals surface area contributed by atoms with Crippen molar-refractivity contribution in [2.45, 2.75) is 71.0 Å².